The topological polar surface area (TPSA) is 85.4 Å². The van der Waals surface area contributed by atoms with Crippen LogP contribution in [0.25, 0.3) is 16.8 Å². The molecule has 0 atom stereocenters. The van der Waals surface area contributed by atoms with Crippen LogP contribution < -0.4 is 20.1 Å². The Morgan fingerprint density at radius 1 is 1.21 bits per heavy atom. The van der Waals surface area contributed by atoms with Crippen LogP contribution in [0.1, 0.15) is 25.2 Å². The van der Waals surface area contributed by atoms with Gasteiger partial charge in [0.1, 0.15) is 0 Å². The van der Waals surface area contributed by atoms with Gasteiger partial charge in [0, 0.05) is 17.6 Å². The third-order valence-electron chi connectivity index (χ3n) is 4.27. The Balaban J connectivity index is 2.35. The molecule has 0 radical (unpaired) electrons. The van der Waals surface area contributed by atoms with Crippen molar-refractivity contribution in [3.63, 3.8) is 0 Å². The number of ether oxygens (including phenoxy) is 2. The standard InChI is InChI=1S/C21H28N4O3/c1-13(20(26)25-21(3,4)12-22-5)19-14(2)23-11-16(24-19)15-8-9-17(27-6)18(10-15)28-7/h8-11,22H,1,12H2,2-7H3,(H,25,26). The van der Waals surface area contributed by atoms with E-state index in [1.165, 1.54) is 0 Å². The lowest BCUT2D eigenvalue weighted by Crippen LogP contribution is -2.49. The van der Waals surface area contributed by atoms with Crippen molar-refractivity contribution < 1.29 is 14.3 Å². The summed E-state index contributed by atoms with van der Waals surface area (Å²) in [5, 5.41) is 6.03. The summed E-state index contributed by atoms with van der Waals surface area (Å²) < 4.78 is 10.6. The maximum atomic E-state index is 12.7. The first-order chi connectivity index (χ1) is 13.2. The molecule has 2 aromatic rings. The number of carbonyl (C=O) groups is 1. The largest absolute Gasteiger partial charge is 0.493 e. The summed E-state index contributed by atoms with van der Waals surface area (Å²) in [5.41, 5.74) is 2.37. The number of aryl methyl sites for hydroxylation is 1. The third kappa shape index (κ3) is 4.86. The highest BCUT2D eigenvalue weighted by Gasteiger charge is 2.23. The van der Waals surface area contributed by atoms with E-state index in [1.54, 1.807) is 33.4 Å². The van der Waals surface area contributed by atoms with E-state index in [0.717, 1.165) is 5.56 Å². The quantitative estimate of drug-likeness (QED) is 0.681. The van der Waals surface area contributed by atoms with Gasteiger partial charge in [0.2, 0.25) is 0 Å². The Labute approximate surface area is 166 Å². The molecule has 1 heterocycles. The van der Waals surface area contributed by atoms with E-state index in [2.05, 4.69) is 27.2 Å². The second kappa shape index (κ2) is 8.84. The lowest BCUT2D eigenvalue weighted by atomic mass is 10.0. The second-order valence-electron chi connectivity index (χ2n) is 7.11. The first-order valence-corrected chi connectivity index (χ1v) is 8.95. The maximum Gasteiger partial charge on any atom is 0.253 e. The average Bonchev–Trinajstić information content (AvgIpc) is 2.66. The van der Waals surface area contributed by atoms with Gasteiger partial charge in [-0.1, -0.05) is 6.58 Å². The molecule has 1 aromatic carbocycles. The predicted molar refractivity (Wildman–Crippen MR) is 110 cm³/mol. The monoisotopic (exact) mass is 384 g/mol. The van der Waals surface area contributed by atoms with E-state index in [4.69, 9.17) is 9.47 Å². The molecule has 7 nitrogen and oxygen atoms in total. The van der Waals surface area contributed by atoms with E-state index in [-0.39, 0.29) is 11.5 Å². The molecule has 0 fully saturated rings. The highest BCUT2D eigenvalue weighted by atomic mass is 16.5. The highest BCUT2D eigenvalue weighted by molar-refractivity contribution is 6.18. The van der Waals surface area contributed by atoms with Gasteiger partial charge in [-0.25, -0.2) is 4.98 Å². The van der Waals surface area contributed by atoms with Crippen molar-refractivity contribution in [3.05, 3.63) is 42.4 Å². The van der Waals surface area contributed by atoms with E-state index < -0.39 is 5.54 Å². The minimum Gasteiger partial charge on any atom is -0.493 e. The number of hydrogen-bond acceptors (Lipinski definition) is 6. The van der Waals surface area contributed by atoms with Gasteiger partial charge in [0.15, 0.2) is 11.5 Å². The van der Waals surface area contributed by atoms with Gasteiger partial charge in [-0.2, -0.15) is 0 Å². The predicted octanol–water partition coefficient (Wildman–Crippen LogP) is 2.60. The van der Waals surface area contributed by atoms with Crippen molar-refractivity contribution in [2.24, 2.45) is 0 Å². The van der Waals surface area contributed by atoms with Crippen molar-refractivity contribution in [2.45, 2.75) is 26.3 Å². The molecule has 0 aliphatic carbocycles. The van der Waals surface area contributed by atoms with Gasteiger partial charge in [-0.05, 0) is 46.0 Å². The fourth-order valence-corrected chi connectivity index (χ4v) is 2.85. The van der Waals surface area contributed by atoms with E-state index in [0.29, 0.717) is 35.1 Å². The van der Waals surface area contributed by atoms with Gasteiger partial charge >= 0.3 is 0 Å². The maximum absolute atomic E-state index is 12.7. The van der Waals surface area contributed by atoms with Crippen molar-refractivity contribution in [1.82, 2.24) is 20.6 Å². The van der Waals surface area contributed by atoms with Gasteiger partial charge in [0.25, 0.3) is 5.91 Å². The van der Waals surface area contributed by atoms with Crippen molar-refractivity contribution in [3.8, 4) is 22.8 Å². The molecule has 2 N–H and O–H groups in total. The zero-order valence-electron chi connectivity index (χ0n) is 17.3. The minimum absolute atomic E-state index is 0.275. The number of amides is 1. The summed E-state index contributed by atoms with van der Waals surface area (Å²) in [5.74, 6) is 0.943. The zero-order valence-corrected chi connectivity index (χ0v) is 17.3. The summed E-state index contributed by atoms with van der Waals surface area (Å²) in [6, 6.07) is 5.49. The number of hydrogen-bond donors (Lipinski definition) is 2. The van der Waals surface area contributed by atoms with Crippen LogP contribution in [0.5, 0.6) is 11.5 Å². The molecule has 0 saturated heterocycles. The Morgan fingerprint density at radius 2 is 1.89 bits per heavy atom. The molecule has 0 aliphatic rings. The summed E-state index contributed by atoms with van der Waals surface area (Å²) in [7, 11) is 5.00. The van der Waals surface area contributed by atoms with Gasteiger partial charge in [-0.3, -0.25) is 9.78 Å². The molecule has 1 amide bonds. The minimum atomic E-state index is -0.420. The van der Waals surface area contributed by atoms with Crippen molar-refractivity contribution >= 4 is 11.5 Å². The van der Waals surface area contributed by atoms with E-state index in [1.807, 2.05) is 33.0 Å². The molecular weight excluding hydrogens is 356 g/mol. The second-order valence-corrected chi connectivity index (χ2v) is 7.11. The van der Waals surface area contributed by atoms with E-state index in [9.17, 15) is 4.79 Å². The molecule has 7 heteroatoms. The Morgan fingerprint density at radius 3 is 2.50 bits per heavy atom. The van der Waals surface area contributed by atoms with Crippen LogP contribution in [0.15, 0.2) is 31.0 Å². The Kier molecular flexibility index (Phi) is 6.75. The number of nitrogens with zero attached hydrogens (tertiary/aromatic N) is 2. The molecule has 2 rings (SSSR count). The molecule has 1 aromatic heterocycles. The molecule has 0 aliphatic heterocycles. The van der Waals surface area contributed by atoms with Crippen LogP contribution in [0.4, 0.5) is 0 Å². The third-order valence-corrected chi connectivity index (χ3v) is 4.27. The molecule has 150 valence electrons. The van der Waals surface area contributed by atoms with Gasteiger partial charge in [-0.15, -0.1) is 0 Å². The Hall–Kier alpha value is -2.93. The molecule has 0 unspecified atom stereocenters. The molecule has 0 bridgehead atoms. The number of carbonyl (C=O) groups excluding carboxylic acids is 1. The molecule has 0 saturated carbocycles. The lowest BCUT2D eigenvalue weighted by molar-refractivity contribution is -0.117. The smallest absolute Gasteiger partial charge is 0.253 e. The fourth-order valence-electron chi connectivity index (χ4n) is 2.85. The van der Waals surface area contributed by atoms with Crippen LogP contribution in [-0.4, -0.2) is 49.2 Å². The van der Waals surface area contributed by atoms with E-state index >= 15 is 0 Å². The number of benzene rings is 1. The fraction of sp³-hybridized carbons (Fsp3) is 0.381. The number of nitrogens with one attached hydrogen (secondary N) is 2. The number of methoxy groups -OCH3 is 2. The zero-order chi connectivity index (χ0) is 20.9. The summed E-state index contributed by atoms with van der Waals surface area (Å²) in [4.78, 5) is 21.7. The van der Waals surface area contributed by atoms with Gasteiger partial charge in [0.05, 0.1) is 43.1 Å². The number of rotatable bonds is 8. The number of likely N-dealkylation sites (N-methyl/N-ethyl adjacent to an activating group) is 1. The van der Waals surface area contributed by atoms with Crippen LogP contribution in [0.2, 0.25) is 0 Å². The first kappa shape index (κ1) is 21.4. The average molecular weight is 384 g/mol. The normalized spacial score (nSPS) is 11.1. The molecular formula is C21H28N4O3. The van der Waals surface area contributed by atoms with Crippen LogP contribution in [0, 0.1) is 6.92 Å². The number of aromatic nitrogens is 2. The first-order valence-electron chi connectivity index (χ1n) is 8.95. The van der Waals surface area contributed by atoms with Gasteiger partial charge < -0.3 is 20.1 Å². The lowest BCUT2D eigenvalue weighted by Gasteiger charge is -2.26. The van der Waals surface area contributed by atoms with Crippen molar-refractivity contribution in [1.29, 1.82) is 0 Å². The SMILES string of the molecule is C=C(C(=O)NC(C)(C)CNC)c1nc(-c2ccc(OC)c(OC)c2)cnc1C. The van der Waals surface area contributed by atoms with Crippen LogP contribution >= 0.6 is 0 Å². The van der Waals surface area contributed by atoms with Crippen molar-refractivity contribution in [2.75, 3.05) is 27.8 Å². The molecule has 28 heavy (non-hydrogen) atoms. The van der Waals surface area contributed by atoms with Crippen LogP contribution in [-0.2, 0) is 4.79 Å². The Bertz CT molecular complexity index is 878. The summed E-state index contributed by atoms with van der Waals surface area (Å²) >= 11 is 0. The van der Waals surface area contributed by atoms with Crippen LogP contribution in [0.3, 0.4) is 0 Å². The summed E-state index contributed by atoms with van der Waals surface area (Å²) in [6.07, 6.45) is 1.66. The molecule has 0 spiro atoms. The highest BCUT2D eigenvalue weighted by Crippen LogP contribution is 2.32. The summed E-state index contributed by atoms with van der Waals surface area (Å²) in [6.45, 7) is 10.3.